The van der Waals surface area contributed by atoms with Crippen LogP contribution in [0.25, 0.3) is 0 Å². The second kappa shape index (κ2) is 8.62. The van der Waals surface area contributed by atoms with Gasteiger partial charge in [0.25, 0.3) is 0 Å². The average Bonchev–Trinajstić information content (AvgIpc) is 2.66. The van der Waals surface area contributed by atoms with Crippen LogP contribution in [0.4, 0.5) is 9.18 Å². The number of urea groups is 1. The molecule has 0 aromatic heterocycles. The van der Waals surface area contributed by atoms with Gasteiger partial charge in [0.2, 0.25) is 0 Å². The molecule has 4 nitrogen and oxygen atoms in total. The highest BCUT2D eigenvalue weighted by atomic mass is 19.1. The Balaban J connectivity index is 1.44. The van der Waals surface area contributed by atoms with E-state index in [4.69, 9.17) is 4.74 Å². The minimum atomic E-state index is -0.271. The van der Waals surface area contributed by atoms with Crippen molar-refractivity contribution in [3.05, 3.63) is 71.5 Å². The lowest BCUT2D eigenvalue weighted by Gasteiger charge is -2.33. The van der Waals surface area contributed by atoms with Crippen molar-refractivity contribution in [2.24, 2.45) is 0 Å². The summed E-state index contributed by atoms with van der Waals surface area (Å²) in [6.45, 7) is 2.18. The van der Waals surface area contributed by atoms with E-state index in [1.165, 1.54) is 17.7 Å². The second-order valence-electron chi connectivity index (χ2n) is 6.18. The van der Waals surface area contributed by atoms with Gasteiger partial charge < -0.3 is 15.0 Å². The van der Waals surface area contributed by atoms with Gasteiger partial charge in [0.15, 0.2) is 0 Å². The van der Waals surface area contributed by atoms with E-state index in [1.54, 1.807) is 17.0 Å². The van der Waals surface area contributed by atoms with E-state index in [0.29, 0.717) is 26.2 Å². The van der Waals surface area contributed by atoms with Crippen molar-refractivity contribution in [1.82, 2.24) is 10.2 Å². The molecule has 0 radical (unpaired) electrons. The SMILES string of the molecule is O=C(NCCCc1ccccc1)N1CCO[C@H](c2ccc(F)cc2)C1. The Hall–Kier alpha value is -2.40. The molecule has 1 aliphatic rings. The Morgan fingerprint density at radius 2 is 1.92 bits per heavy atom. The van der Waals surface area contributed by atoms with E-state index >= 15 is 0 Å². The summed E-state index contributed by atoms with van der Waals surface area (Å²) in [5.41, 5.74) is 2.17. The first-order valence-corrected chi connectivity index (χ1v) is 8.66. The molecular formula is C20H23FN2O2. The van der Waals surface area contributed by atoms with E-state index in [1.807, 2.05) is 18.2 Å². The third-order valence-corrected chi connectivity index (χ3v) is 4.36. The van der Waals surface area contributed by atoms with E-state index in [9.17, 15) is 9.18 Å². The Labute approximate surface area is 147 Å². The summed E-state index contributed by atoms with van der Waals surface area (Å²) < 4.78 is 18.8. The Kier molecular flexibility index (Phi) is 6.01. The Morgan fingerprint density at radius 3 is 2.68 bits per heavy atom. The molecular weight excluding hydrogens is 319 g/mol. The van der Waals surface area contributed by atoms with Crippen LogP contribution in [0.3, 0.4) is 0 Å². The van der Waals surface area contributed by atoms with E-state index in [-0.39, 0.29) is 18.0 Å². The van der Waals surface area contributed by atoms with E-state index in [2.05, 4.69) is 17.4 Å². The summed E-state index contributed by atoms with van der Waals surface area (Å²) >= 11 is 0. The minimum absolute atomic E-state index is 0.0662. The highest BCUT2D eigenvalue weighted by Gasteiger charge is 2.25. The fourth-order valence-electron chi connectivity index (χ4n) is 2.96. The van der Waals surface area contributed by atoms with Gasteiger partial charge in [-0.3, -0.25) is 0 Å². The molecule has 0 unspecified atom stereocenters. The molecule has 2 amide bonds. The van der Waals surface area contributed by atoms with E-state index < -0.39 is 0 Å². The number of hydrogen-bond acceptors (Lipinski definition) is 2. The van der Waals surface area contributed by atoms with Gasteiger partial charge in [-0.05, 0) is 36.1 Å². The van der Waals surface area contributed by atoms with Gasteiger partial charge >= 0.3 is 6.03 Å². The number of hydrogen-bond donors (Lipinski definition) is 1. The van der Waals surface area contributed by atoms with Gasteiger partial charge in [0.05, 0.1) is 13.2 Å². The zero-order valence-electron chi connectivity index (χ0n) is 14.2. The number of amides is 2. The molecule has 3 rings (SSSR count). The number of aryl methyl sites for hydroxylation is 1. The Morgan fingerprint density at radius 1 is 1.16 bits per heavy atom. The summed E-state index contributed by atoms with van der Waals surface area (Å²) in [7, 11) is 0. The zero-order valence-corrected chi connectivity index (χ0v) is 14.2. The Bertz CT molecular complexity index is 676. The van der Waals surface area contributed by atoms with Gasteiger partial charge in [0.1, 0.15) is 11.9 Å². The summed E-state index contributed by atoms with van der Waals surface area (Å²) in [5, 5.41) is 2.98. The largest absolute Gasteiger partial charge is 0.370 e. The molecule has 0 bridgehead atoms. The second-order valence-corrected chi connectivity index (χ2v) is 6.18. The molecule has 0 aliphatic carbocycles. The van der Waals surface area contributed by atoms with Crippen LogP contribution in [0.5, 0.6) is 0 Å². The lowest BCUT2D eigenvalue weighted by molar-refractivity contribution is -0.0154. The van der Waals surface area contributed by atoms with Crippen molar-refractivity contribution < 1.29 is 13.9 Å². The lowest BCUT2D eigenvalue weighted by Crippen LogP contribution is -2.47. The molecule has 25 heavy (non-hydrogen) atoms. The predicted octanol–water partition coefficient (Wildman–Crippen LogP) is 3.54. The maximum atomic E-state index is 13.0. The molecule has 1 saturated heterocycles. The summed E-state index contributed by atoms with van der Waals surface area (Å²) in [6, 6.07) is 16.4. The standard InChI is InChI=1S/C20H23FN2O2/c21-18-10-8-17(9-11-18)19-15-23(13-14-25-19)20(24)22-12-4-7-16-5-2-1-3-6-16/h1-3,5-6,8-11,19H,4,7,12-15H2,(H,22,24)/t19-/m0/s1. The van der Waals surface area contributed by atoms with Gasteiger partial charge in [-0.25, -0.2) is 9.18 Å². The first-order valence-electron chi connectivity index (χ1n) is 8.66. The third kappa shape index (κ3) is 5.03. The van der Waals surface area contributed by atoms with Crippen molar-refractivity contribution in [2.45, 2.75) is 18.9 Å². The fourth-order valence-corrected chi connectivity index (χ4v) is 2.96. The van der Waals surface area contributed by atoms with Crippen LogP contribution in [0.1, 0.15) is 23.7 Å². The zero-order chi connectivity index (χ0) is 17.5. The number of carbonyl (C=O) groups excluding carboxylic acids is 1. The summed E-state index contributed by atoms with van der Waals surface area (Å²) in [4.78, 5) is 14.1. The average molecular weight is 342 g/mol. The molecule has 1 atom stereocenters. The molecule has 0 saturated carbocycles. The third-order valence-electron chi connectivity index (χ3n) is 4.36. The lowest BCUT2D eigenvalue weighted by atomic mass is 10.1. The predicted molar refractivity (Wildman–Crippen MR) is 94.8 cm³/mol. The number of benzene rings is 2. The number of morpholine rings is 1. The van der Waals surface area contributed by atoms with Crippen molar-refractivity contribution in [3.63, 3.8) is 0 Å². The van der Waals surface area contributed by atoms with Crippen molar-refractivity contribution >= 4 is 6.03 Å². The number of nitrogens with zero attached hydrogens (tertiary/aromatic N) is 1. The molecule has 2 aromatic carbocycles. The van der Waals surface area contributed by atoms with Crippen LogP contribution in [-0.4, -0.2) is 37.2 Å². The van der Waals surface area contributed by atoms with Gasteiger partial charge in [-0.15, -0.1) is 0 Å². The van der Waals surface area contributed by atoms with Gasteiger partial charge in [-0.2, -0.15) is 0 Å². The first kappa shape index (κ1) is 17.4. The molecule has 5 heteroatoms. The minimum Gasteiger partial charge on any atom is -0.370 e. The van der Waals surface area contributed by atoms with E-state index in [0.717, 1.165) is 18.4 Å². The molecule has 1 heterocycles. The van der Waals surface area contributed by atoms with Crippen LogP contribution in [-0.2, 0) is 11.2 Å². The number of rotatable bonds is 5. The molecule has 132 valence electrons. The first-order chi connectivity index (χ1) is 12.2. The quantitative estimate of drug-likeness (QED) is 0.845. The van der Waals surface area contributed by atoms with Crippen molar-refractivity contribution in [2.75, 3.05) is 26.2 Å². The fraction of sp³-hybridized carbons (Fsp3) is 0.350. The molecule has 1 fully saturated rings. The monoisotopic (exact) mass is 342 g/mol. The number of halogens is 1. The van der Waals surface area contributed by atoms with Crippen molar-refractivity contribution in [1.29, 1.82) is 0 Å². The number of nitrogens with one attached hydrogen (secondary N) is 1. The molecule has 0 spiro atoms. The van der Waals surface area contributed by atoms with Crippen LogP contribution in [0.2, 0.25) is 0 Å². The van der Waals surface area contributed by atoms with Crippen LogP contribution in [0, 0.1) is 5.82 Å². The maximum Gasteiger partial charge on any atom is 0.317 e. The van der Waals surface area contributed by atoms with Crippen LogP contribution >= 0.6 is 0 Å². The molecule has 1 aliphatic heterocycles. The normalized spacial score (nSPS) is 17.3. The smallest absolute Gasteiger partial charge is 0.317 e. The molecule has 1 N–H and O–H groups in total. The summed E-state index contributed by atoms with van der Waals surface area (Å²) in [6.07, 6.45) is 1.65. The topological polar surface area (TPSA) is 41.6 Å². The molecule has 2 aromatic rings. The van der Waals surface area contributed by atoms with Gasteiger partial charge in [0, 0.05) is 13.1 Å². The highest BCUT2D eigenvalue weighted by Crippen LogP contribution is 2.22. The number of ether oxygens (including phenoxy) is 1. The number of carbonyl (C=O) groups is 1. The maximum absolute atomic E-state index is 13.0. The summed E-state index contributed by atoms with van der Waals surface area (Å²) in [5.74, 6) is -0.271. The van der Waals surface area contributed by atoms with Crippen LogP contribution < -0.4 is 5.32 Å². The highest BCUT2D eigenvalue weighted by molar-refractivity contribution is 5.74. The van der Waals surface area contributed by atoms with Crippen molar-refractivity contribution in [3.8, 4) is 0 Å². The van der Waals surface area contributed by atoms with Gasteiger partial charge in [-0.1, -0.05) is 42.5 Å². The van der Waals surface area contributed by atoms with Crippen LogP contribution in [0.15, 0.2) is 54.6 Å².